The molecule has 0 saturated carbocycles. The number of pyridine rings is 1. The van der Waals surface area contributed by atoms with Gasteiger partial charge in [0.1, 0.15) is 5.82 Å². The smallest absolute Gasteiger partial charge is 0.246 e. The van der Waals surface area contributed by atoms with Gasteiger partial charge in [-0.1, -0.05) is 0 Å². The van der Waals surface area contributed by atoms with Gasteiger partial charge < -0.3 is 10.2 Å². The molecule has 114 valence electrons. The first-order chi connectivity index (χ1) is 10.5. The summed E-state index contributed by atoms with van der Waals surface area (Å²) in [5.41, 5.74) is 3.41. The Hall–Kier alpha value is -2.54. The number of carbonyl (C=O) groups excluding carboxylic acids is 2. The van der Waals surface area contributed by atoms with Gasteiger partial charge in [0.25, 0.3) is 0 Å². The minimum atomic E-state index is -0.295. The van der Waals surface area contributed by atoms with E-state index in [1.807, 2.05) is 18.4 Å². The minimum absolute atomic E-state index is 0.0458. The normalized spacial score (nSPS) is 10.6. The maximum absolute atomic E-state index is 11.9. The zero-order chi connectivity index (χ0) is 15.9. The van der Waals surface area contributed by atoms with Gasteiger partial charge in [-0.25, -0.2) is 9.97 Å². The molecule has 0 atom stereocenters. The Morgan fingerprint density at radius 1 is 1.41 bits per heavy atom. The molecule has 6 nitrogen and oxygen atoms in total. The minimum Gasteiger partial charge on any atom is -0.333 e. The standard InChI is InChI=1S/C15H16N4O2S/c1-11-5-6-16-13(7-11)18-14(20)8-19(2)15(21)4-3-12-9-22-10-17-12/h3-7,9-10H,8H2,1-2H3,(H,16,18,20). The molecule has 2 rings (SSSR count). The Labute approximate surface area is 132 Å². The SMILES string of the molecule is Cc1ccnc(NC(=O)CN(C)C(=O)C=Cc2cscn2)c1. The van der Waals surface area contributed by atoms with Crippen LogP contribution >= 0.6 is 11.3 Å². The molecule has 2 aromatic rings. The summed E-state index contributed by atoms with van der Waals surface area (Å²) in [6.45, 7) is 1.87. The van der Waals surface area contributed by atoms with Crippen LogP contribution in [0.3, 0.4) is 0 Å². The van der Waals surface area contributed by atoms with E-state index in [1.165, 1.54) is 22.3 Å². The van der Waals surface area contributed by atoms with E-state index < -0.39 is 0 Å². The van der Waals surface area contributed by atoms with Crippen molar-refractivity contribution in [2.45, 2.75) is 6.92 Å². The lowest BCUT2D eigenvalue weighted by Gasteiger charge is -2.14. The molecule has 1 N–H and O–H groups in total. The predicted molar refractivity (Wildman–Crippen MR) is 86.4 cm³/mol. The summed E-state index contributed by atoms with van der Waals surface area (Å²) in [7, 11) is 1.57. The number of thiazole rings is 1. The summed E-state index contributed by atoms with van der Waals surface area (Å²) < 4.78 is 0. The fourth-order valence-corrected chi connectivity index (χ4v) is 2.19. The van der Waals surface area contributed by atoms with Crippen LogP contribution in [0.4, 0.5) is 5.82 Å². The number of nitrogens with one attached hydrogen (secondary N) is 1. The zero-order valence-corrected chi connectivity index (χ0v) is 13.1. The van der Waals surface area contributed by atoms with Crippen LogP contribution in [0.1, 0.15) is 11.3 Å². The van der Waals surface area contributed by atoms with Crippen molar-refractivity contribution in [2.75, 3.05) is 18.9 Å². The number of amides is 2. The highest BCUT2D eigenvalue weighted by Gasteiger charge is 2.11. The van der Waals surface area contributed by atoms with Crippen molar-refractivity contribution in [2.24, 2.45) is 0 Å². The molecule has 0 saturated heterocycles. The Bertz CT molecular complexity index is 683. The molecular weight excluding hydrogens is 300 g/mol. The summed E-state index contributed by atoms with van der Waals surface area (Å²) in [6.07, 6.45) is 4.64. The van der Waals surface area contributed by atoms with Gasteiger partial charge in [0, 0.05) is 24.7 Å². The molecular formula is C15H16N4O2S. The van der Waals surface area contributed by atoms with Crippen LogP contribution in [-0.4, -0.2) is 40.3 Å². The largest absolute Gasteiger partial charge is 0.333 e. The second kappa shape index (κ2) is 7.46. The summed E-state index contributed by atoms with van der Waals surface area (Å²) in [5.74, 6) is -0.0831. The summed E-state index contributed by atoms with van der Waals surface area (Å²) in [4.78, 5) is 33.2. The molecule has 0 unspecified atom stereocenters. The lowest BCUT2D eigenvalue weighted by atomic mass is 10.3. The Balaban J connectivity index is 1.86. The third kappa shape index (κ3) is 4.78. The highest BCUT2D eigenvalue weighted by Crippen LogP contribution is 2.06. The monoisotopic (exact) mass is 316 g/mol. The molecule has 2 heterocycles. The molecule has 0 aromatic carbocycles. The Morgan fingerprint density at radius 2 is 2.23 bits per heavy atom. The molecule has 0 aliphatic rings. The molecule has 2 amide bonds. The third-order valence-corrected chi connectivity index (χ3v) is 3.39. The van der Waals surface area contributed by atoms with Crippen molar-refractivity contribution in [1.82, 2.24) is 14.9 Å². The van der Waals surface area contributed by atoms with Crippen molar-refractivity contribution in [3.63, 3.8) is 0 Å². The van der Waals surface area contributed by atoms with E-state index in [9.17, 15) is 9.59 Å². The number of anilines is 1. The predicted octanol–water partition coefficient (Wildman–Crippen LogP) is 1.96. The van der Waals surface area contributed by atoms with Gasteiger partial charge in [-0.3, -0.25) is 9.59 Å². The second-order valence-electron chi connectivity index (χ2n) is 4.71. The summed E-state index contributed by atoms with van der Waals surface area (Å²) in [5, 5.41) is 4.49. The summed E-state index contributed by atoms with van der Waals surface area (Å²) >= 11 is 1.45. The van der Waals surface area contributed by atoms with Gasteiger partial charge in [0.15, 0.2) is 0 Å². The quantitative estimate of drug-likeness (QED) is 0.856. The molecule has 0 bridgehead atoms. The van der Waals surface area contributed by atoms with Crippen molar-refractivity contribution in [1.29, 1.82) is 0 Å². The number of aryl methyl sites for hydroxylation is 1. The van der Waals surface area contributed by atoms with E-state index in [2.05, 4.69) is 15.3 Å². The maximum Gasteiger partial charge on any atom is 0.246 e. The molecule has 0 aliphatic heterocycles. The van der Waals surface area contributed by atoms with Gasteiger partial charge in [0.05, 0.1) is 17.7 Å². The van der Waals surface area contributed by atoms with Crippen LogP contribution < -0.4 is 5.32 Å². The number of rotatable bonds is 5. The van der Waals surface area contributed by atoms with E-state index in [0.29, 0.717) is 5.82 Å². The van der Waals surface area contributed by atoms with Crippen molar-refractivity contribution in [3.8, 4) is 0 Å². The molecule has 0 aliphatic carbocycles. The summed E-state index contributed by atoms with van der Waals surface area (Å²) in [6, 6.07) is 3.61. The van der Waals surface area contributed by atoms with Crippen LogP contribution in [0, 0.1) is 6.92 Å². The van der Waals surface area contributed by atoms with Gasteiger partial charge in [-0.2, -0.15) is 0 Å². The van der Waals surface area contributed by atoms with E-state index in [1.54, 1.807) is 30.9 Å². The van der Waals surface area contributed by atoms with Crippen LogP contribution in [0.15, 0.2) is 35.3 Å². The topological polar surface area (TPSA) is 75.2 Å². The van der Waals surface area contributed by atoms with Crippen LogP contribution in [0.25, 0.3) is 6.08 Å². The Morgan fingerprint density at radius 3 is 2.91 bits per heavy atom. The molecule has 2 aromatic heterocycles. The zero-order valence-electron chi connectivity index (χ0n) is 12.3. The average Bonchev–Trinajstić information content (AvgIpc) is 2.97. The molecule has 22 heavy (non-hydrogen) atoms. The van der Waals surface area contributed by atoms with Gasteiger partial charge in [-0.15, -0.1) is 11.3 Å². The number of nitrogens with zero attached hydrogens (tertiary/aromatic N) is 3. The highest BCUT2D eigenvalue weighted by atomic mass is 32.1. The van der Waals surface area contributed by atoms with Crippen molar-refractivity contribution in [3.05, 3.63) is 46.6 Å². The van der Waals surface area contributed by atoms with Gasteiger partial charge in [-0.05, 0) is 30.7 Å². The number of hydrogen-bond acceptors (Lipinski definition) is 5. The number of carbonyl (C=O) groups is 2. The van der Waals surface area contributed by atoms with E-state index >= 15 is 0 Å². The number of aromatic nitrogens is 2. The first-order valence-corrected chi connectivity index (χ1v) is 7.53. The number of hydrogen-bond donors (Lipinski definition) is 1. The van der Waals surface area contributed by atoms with E-state index in [4.69, 9.17) is 0 Å². The number of likely N-dealkylation sites (N-methyl/N-ethyl adjacent to an activating group) is 1. The van der Waals surface area contributed by atoms with E-state index in [-0.39, 0.29) is 18.4 Å². The molecule has 7 heteroatoms. The van der Waals surface area contributed by atoms with Crippen LogP contribution in [-0.2, 0) is 9.59 Å². The maximum atomic E-state index is 11.9. The third-order valence-electron chi connectivity index (χ3n) is 2.79. The van der Waals surface area contributed by atoms with Crippen molar-refractivity contribution < 1.29 is 9.59 Å². The lowest BCUT2D eigenvalue weighted by Crippen LogP contribution is -2.34. The van der Waals surface area contributed by atoms with E-state index in [0.717, 1.165) is 11.3 Å². The fraction of sp³-hybridized carbons (Fsp3) is 0.200. The molecule has 0 fully saturated rings. The highest BCUT2D eigenvalue weighted by molar-refractivity contribution is 7.07. The first-order valence-electron chi connectivity index (χ1n) is 6.58. The first kappa shape index (κ1) is 15.8. The average molecular weight is 316 g/mol. The Kier molecular flexibility index (Phi) is 5.37. The second-order valence-corrected chi connectivity index (χ2v) is 5.43. The fourth-order valence-electron chi connectivity index (χ4n) is 1.67. The molecule has 0 radical (unpaired) electrons. The van der Waals surface area contributed by atoms with Crippen LogP contribution in [0.5, 0.6) is 0 Å². The van der Waals surface area contributed by atoms with Gasteiger partial charge in [0.2, 0.25) is 11.8 Å². The van der Waals surface area contributed by atoms with Gasteiger partial charge >= 0.3 is 0 Å². The van der Waals surface area contributed by atoms with Crippen molar-refractivity contribution >= 4 is 35.0 Å². The molecule has 0 spiro atoms. The lowest BCUT2D eigenvalue weighted by molar-refractivity contribution is -0.129. The van der Waals surface area contributed by atoms with Crippen LogP contribution in [0.2, 0.25) is 0 Å².